The van der Waals surface area contributed by atoms with Gasteiger partial charge in [-0.3, -0.25) is 14.5 Å². The molecule has 0 bridgehead atoms. The summed E-state index contributed by atoms with van der Waals surface area (Å²) in [6.45, 7) is 0.869. The Morgan fingerprint density at radius 1 is 1.12 bits per heavy atom. The minimum Gasteiger partial charge on any atom is -0.325 e. The van der Waals surface area contributed by atoms with Crippen LogP contribution in [-0.4, -0.2) is 29.3 Å². The smallest absolute Gasteiger partial charge is 0.325 e. The third-order valence-corrected chi connectivity index (χ3v) is 4.13. The maximum atomic E-state index is 13.5. The van der Waals surface area contributed by atoms with E-state index < -0.39 is 41.6 Å². The number of benzene rings is 2. The van der Waals surface area contributed by atoms with Crippen molar-refractivity contribution >= 4 is 23.5 Å². The zero-order valence-electron chi connectivity index (χ0n) is 13.8. The van der Waals surface area contributed by atoms with Crippen LogP contribution in [0.3, 0.4) is 0 Å². The van der Waals surface area contributed by atoms with Crippen LogP contribution in [0, 0.1) is 11.6 Å². The average molecular weight is 359 g/mol. The molecule has 0 radical (unpaired) electrons. The number of anilines is 1. The molecule has 0 saturated carbocycles. The Morgan fingerprint density at radius 2 is 1.81 bits per heavy atom. The van der Waals surface area contributed by atoms with Gasteiger partial charge in [0.05, 0.1) is 0 Å². The molecule has 1 atom stereocenters. The molecule has 2 aromatic rings. The van der Waals surface area contributed by atoms with Gasteiger partial charge < -0.3 is 10.6 Å². The average Bonchev–Trinajstić information content (AvgIpc) is 2.82. The summed E-state index contributed by atoms with van der Waals surface area (Å²) in [5.41, 5.74) is -0.979. The summed E-state index contributed by atoms with van der Waals surface area (Å²) in [5.74, 6) is -3.48. The molecule has 0 spiro atoms. The Balaban J connectivity index is 1.78. The van der Waals surface area contributed by atoms with Crippen LogP contribution in [0.1, 0.15) is 12.5 Å². The number of nitrogens with one attached hydrogen (secondary N) is 2. The number of para-hydroxylation sites is 1. The van der Waals surface area contributed by atoms with Crippen LogP contribution < -0.4 is 10.6 Å². The van der Waals surface area contributed by atoms with Crippen LogP contribution in [0.25, 0.3) is 0 Å². The van der Waals surface area contributed by atoms with E-state index in [-0.39, 0.29) is 5.56 Å². The van der Waals surface area contributed by atoms with Gasteiger partial charge in [0.1, 0.15) is 12.1 Å². The number of carbonyl (C=O) groups excluding carboxylic acids is 3. The van der Waals surface area contributed by atoms with Crippen LogP contribution in [0.4, 0.5) is 19.3 Å². The second-order valence-corrected chi connectivity index (χ2v) is 5.99. The Kier molecular flexibility index (Phi) is 4.41. The molecule has 0 aromatic heterocycles. The van der Waals surface area contributed by atoms with E-state index in [9.17, 15) is 23.2 Å². The van der Waals surface area contributed by atoms with E-state index in [2.05, 4.69) is 10.6 Å². The summed E-state index contributed by atoms with van der Waals surface area (Å²) >= 11 is 0. The summed E-state index contributed by atoms with van der Waals surface area (Å²) < 4.78 is 26.6. The molecule has 1 fully saturated rings. The summed E-state index contributed by atoms with van der Waals surface area (Å²) in [6, 6.07) is 10.7. The lowest BCUT2D eigenvalue weighted by atomic mass is 9.92. The predicted molar refractivity (Wildman–Crippen MR) is 89.0 cm³/mol. The van der Waals surface area contributed by atoms with Crippen molar-refractivity contribution in [1.29, 1.82) is 0 Å². The molecule has 4 amide bonds. The van der Waals surface area contributed by atoms with Gasteiger partial charge in [-0.25, -0.2) is 13.6 Å². The van der Waals surface area contributed by atoms with Crippen molar-refractivity contribution in [3.05, 3.63) is 65.7 Å². The lowest BCUT2D eigenvalue weighted by Crippen LogP contribution is -2.42. The van der Waals surface area contributed by atoms with E-state index >= 15 is 0 Å². The van der Waals surface area contributed by atoms with Gasteiger partial charge in [0.25, 0.3) is 5.91 Å². The minimum absolute atomic E-state index is 0.0840. The fraction of sp³-hybridized carbons (Fsp3) is 0.167. The van der Waals surface area contributed by atoms with Gasteiger partial charge in [0.15, 0.2) is 11.6 Å². The highest BCUT2D eigenvalue weighted by molar-refractivity contribution is 6.10. The molecule has 0 unspecified atom stereocenters. The fourth-order valence-corrected chi connectivity index (χ4v) is 2.71. The largest absolute Gasteiger partial charge is 0.325 e. The van der Waals surface area contributed by atoms with Gasteiger partial charge in [-0.2, -0.15) is 0 Å². The number of hydrogen-bond donors (Lipinski definition) is 2. The molecule has 3 rings (SSSR count). The van der Waals surface area contributed by atoms with Gasteiger partial charge in [-0.1, -0.05) is 24.3 Å². The van der Waals surface area contributed by atoms with Crippen molar-refractivity contribution < 1.29 is 23.2 Å². The number of urea groups is 1. The highest BCUT2D eigenvalue weighted by Gasteiger charge is 2.49. The van der Waals surface area contributed by atoms with Crippen molar-refractivity contribution in [1.82, 2.24) is 10.2 Å². The van der Waals surface area contributed by atoms with Crippen LogP contribution in [0.5, 0.6) is 0 Å². The Hall–Kier alpha value is -3.29. The van der Waals surface area contributed by atoms with Crippen molar-refractivity contribution in [2.24, 2.45) is 0 Å². The van der Waals surface area contributed by atoms with Crippen LogP contribution >= 0.6 is 0 Å². The molecule has 8 heteroatoms. The van der Waals surface area contributed by atoms with Gasteiger partial charge in [-0.15, -0.1) is 0 Å². The van der Waals surface area contributed by atoms with E-state index in [0.717, 1.165) is 17.0 Å². The van der Waals surface area contributed by atoms with Crippen molar-refractivity contribution in [3.8, 4) is 0 Å². The first kappa shape index (κ1) is 17.5. The highest BCUT2D eigenvalue weighted by atomic mass is 19.2. The van der Waals surface area contributed by atoms with E-state index in [1.54, 1.807) is 30.3 Å². The number of carbonyl (C=O) groups is 3. The Bertz CT molecular complexity index is 889. The molecular weight excluding hydrogens is 344 g/mol. The maximum absolute atomic E-state index is 13.5. The highest BCUT2D eigenvalue weighted by Crippen LogP contribution is 2.29. The molecule has 1 aliphatic heterocycles. The normalized spacial score (nSPS) is 19.4. The lowest BCUT2D eigenvalue weighted by molar-refractivity contribution is -0.133. The fourth-order valence-electron chi connectivity index (χ4n) is 2.71. The summed E-state index contributed by atoms with van der Waals surface area (Å²) in [7, 11) is 0. The van der Waals surface area contributed by atoms with Crippen molar-refractivity contribution in [3.63, 3.8) is 0 Å². The first-order chi connectivity index (χ1) is 12.3. The van der Waals surface area contributed by atoms with E-state index in [4.69, 9.17) is 0 Å². The Labute approximate surface area is 147 Å². The van der Waals surface area contributed by atoms with Gasteiger partial charge in [0.2, 0.25) is 5.91 Å². The zero-order chi connectivity index (χ0) is 18.9. The maximum Gasteiger partial charge on any atom is 0.325 e. The summed E-state index contributed by atoms with van der Waals surface area (Å²) in [6.07, 6.45) is 0. The van der Waals surface area contributed by atoms with Gasteiger partial charge in [-0.05, 0) is 36.8 Å². The van der Waals surface area contributed by atoms with Crippen molar-refractivity contribution in [2.75, 3.05) is 11.9 Å². The zero-order valence-corrected chi connectivity index (χ0v) is 13.8. The number of hydrogen-bond acceptors (Lipinski definition) is 3. The number of imide groups is 1. The van der Waals surface area contributed by atoms with Gasteiger partial charge in [0, 0.05) is 5.69 Å². The molecule has 134 valence electrons. The van der Waals surface area contributed by atoms with Crippen LogP contribution in [0.2, 0.25) is 0 Å². The number of amides is 4. The third-order valence-electron chi connectivity index (χ3n) is 4.13. The topological polar surface area (TPSA) is 78.5 Å². The molecule has 0 aliphatic carbocycles. The number of halogens is 2. The summed E-state index contributed by atoms with van der Waals surface area (Å²) in [4.78, 5) is 37.7. The molecule has 6 nitrogen and oxygen atoms in total. The summed E-state index contributed by atoms with van der Waals surface area (Å²) in [5, 5.41) is 5.00. The molecule has 2 aromatic carbocycles. The van der Waals surface area contributed by atoms with Gasteiger partial charge >= 0.3 is 6.03 Å². The SMILES string of the molecule is C[C@@]1(c2ccc(F)c(F)c2)NC(=O)N(CC(=O)Nc2ccccc2)C1=O. The number of nitrogens with zero attached hydrogens (tertiary/aromatic N) is 1. The van der Waals surface area contributed by atoms with E-state index in [0.29, 0.717) is 5.69 Å². The molecule has 1 saturated heterocycles. The quantitative estimate of drug-likeness (QED) is 0.823. The molecule has 1 aliphatic rings. The monoisotopic (exact) mass is 359 g/mol. The molecule has 1 heterocycles. The predicted octanol–water partition coefficient (Wildman–Crippen LogP) is 2.37. The molecule has 26 heavy (non-hydrogen) atoms. The first-order valence-corrected chi connectivity index (χ1v) is 7.76. The Morgan fingerprint density at radius 3 is 2.46 bits per heavy atom. The standard InChI is InChI=1S/C18H15F2N3O3/c1-18(11-7-8-13(19)14(20)9-11)16(25)23(17(26)22-18)10-15(24)21-12-5-3-2-4-6-12/h2-9H,10H2,1H3,(H,21,24)(H,22,26)/t18-/m0/s1. The van der Waals surface area contributed by atoms with Crippen LogP contribution in [0.15, 0.2) is 48.5 Å². The second-order valence-electron chi connectivity index (χ2n) is 5.99. The van der Waals surface area contributed by atoms with Crippen LogP contribution in [-0.2, 0) is 15.1 Å². The third kappa shape index (κ3) is 3.13. The molecular formula is C18H15F2N3O3. The van der Waals surface area contributed by atoms with E-state index in [1.165, 1.54) is 13.0 Å². The lowest BCUT2D eigenvalue weighted by Gasteiger charge is -2.22. The number of rotatable bonds is 4. The first-order valence-electron chi connectivity index (χ1n) is 7.76. The molecule has 2 N–H and O–H groups in total. The second kappa shape index (κ2) is 6.55. The van der Waals surface area contributed by atoms with Crippen molar-refractivity contribution in [2.45, 2.75) is 12.5 Å². The van der Waals surface area contributed by atoms with E-state index in [1.807, 2.05) is 0 Å². The minimum atomic E-state index is -1.58.